The first-order valence-corrected chi connectivity index (χ1v) is 7.94. The number of nitrogens with one attached hydrogen (secondary N) is 1. The van der Waals surface area contributed by atoms with Crippen LogP contribution in [0.25, 0.3) is 0 Å². The van der Waals surface area contributed by atoms with E-state index in [-0.39, 0.29) is 0 Å². The van der Waals surface area contributed by atoms with E-state index in [2.05, 4.69) is 66.5 Å². The van der Waals surface area contributed by atoms with Crippen LogP contribution in [0.15, 0.2) is 42.5 Å². The monoisotopic (exact) mass is 280 g/mol. The van der Waals surface area contributed by atoms with Gasteiger partial charge in [-0.15, -0.1) is 0 Å². The highest BCUT2D eigenvalue weighted by molar-refractivity contribution is 5.56. The number of nitrogens with zero attached hydrogens (tertiary/aromatic N) is 1. The number of anilines is 2. The van der Waals surface area contributed by atoms with Gasteiger partial charge in [0.05, 0.1) is 0 Å². The van der Waals surface area contributed by atoms with Crippen LogP contribution in [0.3, 0.4) is 0 Å². The Labute approximate surface area is 127 Å². The summed E-state index contributed by atoms with van der Waals surface area (Å²) in [6.45, 7) is 7.53. The van der Waals surface area contributed by atoms with Crippen molar-refractivity contribution in [3.05, 3.63) is 59.2 Å². The van der Waals surface area contributed by atoms with Crippen molar-refractivity contribution in [3.63, 3.8) is 0 Å². The van der Waals surface area contributed by atoms with Crippen LogP contribution in [0, 0.1) is 6.92 Å². The Hall–Kier alpha value is -1.96. The quantitative estimate of drug-likeness (QED) is 0.894. The minimum absolute atomic E-state index is 0.981. The number of rotatable bonds is 4. The highest BCUT2D eigenvalue weighted by Crippen LogP contribution is 2.26. The summed E-state index contributed by atoms with van der Waals surface area (Å²) in [5.41, 5.74) is 6.89. The van der Waals surface area contributed by atoms with E-state index in [1.54, 1.807) is 0 Å². The molecule has 21 heavy (non-hydrogen) atoms. The summed E-state index contributed by atoms with van der Waals surface area (Å²) in [6, 6.07) is 15.5. The van der Waals surface area contributed by atoms with Gasteiger partial charge in [-0.3, -0.25) is 0 Å². The van der Waals surface area contributed by atoms with Gasteiger partial charge in [-0.1, -0.05) is 30.3 Å². The first-order valence-electron chi connectivity index (χ1n) is 7.94. The molecule has 1 aliphatic rings. The van der Waals surface area contributed by atoms with Crippen LogP contribution in [0.5, 0.6) is 0 Å². The molecule has 2 aromatic carbocycles. The fraction of sp³-hybridized carbons (Fsp3) is 0.368. The first kappa shape index (κ1) is 14.0. The Morgan fingerprint density at radius 3 is 2.81 bits per heavy atom. The molecule has 0 saturated heterocycles. The predicted octanol–water partition coefficient (Wildman–Crippen LogP) is 4.38. The SMILES string of the molecule is CCN(Cc1ccc2c(c1)CCCN2)c1ccccc1C. The molecule has 2 nitrogen and oxygen atoms in total. The summed E-state index contributed by atoms with van der Waals surface area (Å²) in [6.07, 6.45) is 2.44. The Kier molecular flexibility index (Phi) is 4.14. The van der Waals surface area contributed by atoms with E-state index < -0.39 is 0 Å². The fourth-order valence-electron chi connectivity index (χ4n) is 3.13. The van der Waals surface area contributed by atoms with Gasteiger partial charge in [0.2, 0.25) is 0 Å². The van der Waals surface area contributed by atoms with Gasteiger partial charge < -0.3 is 10.2 Å². The van der Waals surface area contributed by atoms with Crippen LogP contribution >= 0.6 is 0 Å². The van der Waals surface area contributed by atoms with Crippen LogP contribution in [0.2, 0.25) is 0 Å². The average Bonchev–Trinajstić information content (AvgIpc) is 2.53. The van der Waals surface area contributed by atoms with Crippen molar-refractivity contribution in [1.29, 1.82) is 0 Å². The maximum absolute atomic E-state index is 3.48. The molecule has 0 saturated carbocycles. The lowest BCUT2D eigenvalue weighted by molar-refractivity contribution is 0.809. The summed E-state index contributed by atoms with van der Waals surface area (Å²) >= 11 is 0. The molecule has 0 radical (unpaired) electrons. The van der Waals surface area contributed by atoms with Gasteiger partial charge in [-0.2, -0.15) is 0 Å². The lowest BCUT2D eigenvalue weighted by Gasteiger charge is -2.26. The van der Waals surface area contributed by atoms with Crippen molar-refractivity contribution >= 4 is 11.4 Å². The number of benzene rings is 2. The summed E-state index contributed by atoms with van der Waals surface area (Å²) in [5, 5.41) is 3.48. The van der Waals surface area contributed by atoms with Crippen molar-refractivity contribution in [2.24, 2.45) is 0 Å². The second-order valence-corrected chi connectivity index (χ2v) is 5.82. The maximum Gasteiger partial charge on any atom is 0.0429 e. The van der Waals surface area contributed by atoms with E-state index >= 15 is 0 Å². The van der Waals surface area contributed by atoms with Gasteiger partial charge >= 0.3 is 0 Å². The molecule has 0 spiro atoms. The van der Waals surface area contributed by atoms with E-state index in [9.17, 15) is 0 Å². The number of hydrogen-bond acceptors (Lipinski definition) is 2. The third-order valence-corrected chi connectivity index (χ3v) is 4.32. The van der Waals surface area contributed by atoms with Crippen LogP contribution < -0.4 is 10.2 Å². The standard InChI is InChI=1S/C19H24N2/c1-3-21(19-9-5-4-7-15(19)2)14-16-10-11-18-17(13-16)8-6-12-20-18/h4-5,7,9-11,13,20H,3,6,8,12,14H2,1-2H3. The van der Waals surface area contributed by atoms with Crippen LogP contribution in [0.4, 0.5) is 11.4 Å². The molecule has 0 amide bonds. The molecule has 3 rings (SSSR count). The van der Waals surface area contributed by atoms with E-state index in [1.165, 1.54) is 40.9 Å². The second-order valence-electron chi connectivity index (χ2n) is 5.82. The van der Waals surface area contributed by atoms with Crippen LogP contribution in [0.1, 0.15) is 30.0 Å². The Morgan fingerprint density at radius 1 is 1.14 bits per heavy atom. The zero-order chi connectivity index (χ0) is 14.7. The van der Waals surface area contributed by atoms with Crippen molar-refractivity contribution in [3.8, 4) is 0 Å². The minimum atomic E-state index is 0.981. The summed E-state index contributed by atoms with van der Waals surface area (Å²) < 4.78 is 0. The summed E-state index contributed by atoms with van der Waals surface area (Å²) in [4.78, 5) is 2.45. The Balaban J connectivity index is 1.83. The van der Waals surface area contributed by atoms with Crippen LogP contribution in [-0.2, 0) is 13.0 Å². The highest BCUT2D eigenvalue weighted by Gasteiger charge is 2.11. The molecular weight excluding hydrogens is 256 g/mol. The molecule has 2 heteroatoms. The van der Waals surface area contributed by atoms with Crippen molar-refractivity contribution in [1.82, 2.24) is 0 Å². The lowest BCUT2D eigenvalue weighted by Crippen LogP contribution is -2.23. The third kappa shape index (κ3) is 3.05. The van der Waals surface area contributed by atoms with Crippen molar-refractivity contribution in [2.45, 2.75) is 33.2 Å². The molecule has 0 unspecified atom stereocenters. The van der Waals surface area contributed by atoms with E-state index in [1.807, 2.05) is 0 Å². The van der Waals surface area contributed by atoms with E-state index in [0.29, 0.717) is 0 Å². The number of aryl methyl sites for hydroxylation is 2. The summed E-state index contributed by atoms with van der Waals surface area (Å²) in [5.74, 6) is 0. The van der Waals surface area contributed by atoms with Crippen molar-refractivity contribution in [2.75, 3.05) is 23.3 Å². The predicted molar refractivity (Wildman–Crippen MR) is 91.2 cm³/mol. The average molecular weight is 280 g/mol. The highest BCUT2D eigenvalue weighted by atomic mass is 15.1. The van der Waals surface area contributed by atoms with Crippen LogP contribution in [-0.4, -0.2) is 13.1 Å². The third-order valence-electron chi connectivity index (χ3n) is 4.32. The topological polar surface area (TPSA) is 15.3 Å². The Morgan fingerprint density at radius 2 is 2.00 bits per heavy atom. The molecule has 2 aromatic rings. The van der Waals surface area contributed by atoms with Gasteiger partial charge in [-0.05, 0) is 55.5 Å². The molecule has 1 aliphatic heterocycles. The Bertz CT molecular complexity index is 619. The molecular formula is C19H24N2. The second kappa shape index (κ2) is 6.21. The lowest BCUT2D eigenvalue weighted by atomic mass is 10.0. The molecule has 0 fully saturated rings. The zero-order valence-corrected chi connectivity index (χ0v) is 13.0. The minimum Gasteiger partial charge on any atom is -0.385 e. The van der Waals surface area contributed by atoms with Gasteiger partial charge in [-0.25, -0.2) is 0 Å². The number of hydrogen-bond donors (Lipinski definition) is 1. The van der Waals surface area contributed by atoms with Gasteiger partial charge in [0.25, 0.3) is 0 Å². The molecule has 1 heterocycles. The fourth-order valence-corrected chi connectivity index (χ4v) is 3.13. The van der Waals surface area contributed by atoms with E-state index in [0.717, 1.165) is 19.6 Å². The summed E-state index contributed by atoms with van der Waals surface area (Å²) in [7, 11) is 0. The normalized spacial score (nSPS) is 13.4. The van der Waals surface area contributed by atoms with Crippen molar-refractivity contribution < 1.29 is 0 Å². The molecule has 0 bridgehead atoms. The number of fused-ring (bicyclic) bond motifs is 1. The molecule has 110 valence electrons. The van der Waals surface area contributed by atoms with Gasteiger partial charge in [0, 0.05) is 31.0 Å². The largest absolute Gasteiger partial charge is 0.385 e. The first-order chi connectivity index (χ1) is 10.3. The molecule has 0 atom stereocenters. The molecule has 0 aliphatic carbocycles. The van der Waals surface area contributed by atoms with Gasteiger partial charge in [0.1, 0.15) is 0 Å². The zero-order valence-electron chi connectivity index (χ0n) is 13.0. The smallest absolute Gasteiger partial charge is 0.0429 e. The molecule has 0 aromatic heterocycles. The maximum atomic E-state index is 3.48. The van der Waals surface area contributed by atoms with E-state index in [4.69, 9.17) is 0 Å². The molecule has 1 N–H and O–H groups in total. The number of para-hydroxylation sites is 1. The van der Waals surface area contributed by atoms with Gasteiger partial charge in [0.15, 0.2) is 0 Å².